The summed E-state index contributed by atoms with van der Waals surface area (Å²) in [6.07, 6.45) is 1.04. The van der Waals surface area contributed by atoms with Crippen LogP contribution < -0.4 is 10.6 Å². The first-order chi connectivity index (χ1) is 7.52. The van der Waals surface area contributed by atoms with Gasteiger partial charge in [0, 0.05) is 31.8 Å². The molecule has 0 aliphatic rings. The Labute approximate surface area is 97.9 Å². The molecule has 0 aliphatic carbocycles. The summed E-state index contributed by atoms with van der Waals surface area (Å²) in [5, 5.41) is 5.63. The van der Waals surface area contributed by atoms with Gasteiger partial charge in [0.1, 0.15) is 0 Å². The molecule has 96 valence electrons. The van der Waals surface area contributed by atoms with Gasteiger partial charge in [-0.05, 0) is 13.3 Å². The van der Waals surface area contributed by atoms with Gasteiger partial charge in [-0.3, -0.25) is 4.79 Å². The summed E-state index contributed by atoms with van der Waals surface area (Å²) in [7, 11) is -2.91. The van der Waals surface area contributed by atoms with Gasteiger partial charge in [-0.1, -0.05) is 6.92 Å². The van der Waals surface area contributed by atoms with Gasteiger partial charge in [0.15, 0.2) is 9.84 Å². The van der Waals surface area contributed by atoms with E-state index >= 15 is 0 Å². The molecule has 6 heteroatoms. The summed E-state index contributed by atoms with van der Waals surface area (Å²) in [4.78, 5) is 11.0. The maximum atomic E-state index is 11.3. The molecule has 2 N–H and O–H groups in total. The fourth-order valence-electron chi connectivity index (χ4n) is 1.25. The first-order valence-electron chi connectivity index (χ1n) is 5.69. The van der Waals surface area contributed by atoms with Crippen molar-refractivity contribution in [3.05, 3.63) is 0 Å². The minimum Gasteiger partial charge on any atom is -0.356 e. The largest absolute Gasteiger partial charge is 0.356 e. The molecule has 5 nitrogen and oxygen atoms in total. The van der Waals surface area contributed by atoms with Gasteiger partial charge in [0.2, 0.25) is 5.91 Å². The van der Waals surface area contributed by atoms with Crippen molar-refractivity contribution in [2.75, 3.05) is 31.1 Å². The molecular weight excluding hydrogens is 228 g/mol. The van der Waals surface area contributed by atoms with Crippen LogP contribution in [0.1, 0.15) is 26.7 Å². The lowest BCUT2D eigenvalue weighted by Crippen LogP contribution is -2.30. The van der Waals surface area contributed by atoms with E-state index in [-0.39, 0.29) is 17.4 Å². The minimum atomic E-state index is -2.91. The Bertz CT molecular complexity index is 288. The van der Waals surface area contributed by atoms with Crippen molar-refractivity contribution >= 4 is 15.7 Å². The van der Waals surface area contributed by atoms with Crippen molar-refractivity contribution < 1.29 is 13.2 Å². The molecule has 0 bridgehead atoms. The number of nitrogens with one attached hydrogen (secondary N) is 2. The molecule has 0 aromatic carbocycles. The third-order valence-electron chi connectivity index (χ3n) is 2.01. The Balaban J connectivity index is 3.50. The molecule has 0 saturated carbocycles. The van der Waals surface area contributed by atoms with Gasteiger partial charge in [-0.25, -0.2) is 8.42 Å². The van der Waals surface area contributed by atoms with Crippen LogP contribution in [-0.4, -0.2) is 45.5 Å². The van der Waals surface area contributed by atoms with E-state index in [1.807, 2.05) is 13.8 Å². The zero-order chi connectivity index (χ0) is 12.4. The molecule has 0 aromatic heterocycles. The van der Waals surface area contributed by atoms with Crippen LogP contribution in [0, 0.1) is 0 Å². The molecule has 0 heterocycles. The smallest absolute Gasteiger partial charge is 0.221 e. The van der Waals surface area contributed by atoms with Crippen LogP contribution >= 0.6 is 0 Å². The van der Waals surface area contributed by atoms with Crippen LogP contribution in [0.15, 0.2) is 0 Å². The number of hydrogen-bond acceptors (Lipinski definition) is 4. The zero-order valence-corrected chi connectivity index (χ0v) is 10.9. The second kappa shape index (κ2) is 8.52. The van der Waals surface area contributed by atoms with Crippen molar-refractivity contribution in [1.82, 2.24) is 10.6 Å². The van der Waals surface area contributed by atoms with Crippen molar-refractivity contribution in [2.24, 2.45) is 0 Å². The monoisotopic (exact) mass is 250 g/mol. The maximum Gasteiger partial charge on any atom is 0.221 e. The molecular formula is C10H22N2O3S. The Morgan fingerprint density at radius 2 is 1.81 bits per heavy atom. The molecule has 0 unspecified atom stereocenters. The van der Waals surface area contributed by atoms with Crippen LogP contribution in [0.3, 0.4) is 0 Å². The van der Waals surface area contributed by atoms with Crippen molar-refractivity contribution in [3.8, 4) is 0 Å². The lowest BCUT2D eigenvalue weighted by Gasteiger charge is -2.05. The summed E-state index contributed by atoms with van der Waals surface area (Å²) in [5.41, 5.74) is 0. The van der Waals surface area contributed by atoms with Crippen molar-refractivity contribution in [1.29, 1.82) is 0 Å². The van der Waals surface area contributed by atoms with E-state index in [4.69, 9.17) is 0 Å². The van der Waals surface area contributed by atoms with E-state index in [1.165, 1.54) is 0 Å². The summed E-state index contributed by atoms with van der Waals surface area (Å²) < 4.78 is 22.6. The summed E-state index contributed by atoms with van der Waals surface area (Å²) in [5.74, 6) is 0.382. The fraction of sp³-hybridized carbons (Fsp3) is 0.900. The molecule has 0 aliphatic heterocycles. The van der Waals surface area contributed by atoms with E-state index in [0.717, 1.165) is 0 Å². The lowest BCUT2D eigenvalue weighted by molar-refractivity contribution is -0.120. The highest BCUT2D eigenvalue weighted by atomic mass is 32.2. The van der Waals surface area contributed by atoms with Crippen LogP contribution in [0.2, 0.25) is 0 Å². The van der Waals surface area contributed by atoms with Crippen molar-refractivity contribution in [3.63, 3.8) is 0 Å². The Morgan fingerprint density at radius 1 is 1.12 bits per heavy atom. The number of amides is 1. The molecule has 1 amide bonds. The highest BCUT2D eigenvalue weighted by Crippen LogP contribution is 1.92. The minimum absolute atomic E-state index is 0.00795. The van der Waals surface area contributed by atoms with E-state index in [0.29, 0.717) is 32.5 Å². The summed E-state index contributed by atoms with van der Waals surface area (Å²) in [6, 6.07) is 0. The summed E-state index contributed by atoms with van der Waals surface area (Å²) in [6.45, 7) is 5.28. The van der Waals surface area contributed by atoms with E-state index in [1.54, 1.807) is 0 Å². The van der Waals surface area contributed by atoms with Crippen LogP contribution in [0.4, 0.5) is 0 Å². The number of hydrogen-bond donors (Lipinski definition) is 2. The average Bonchev–Trinajstić information content (AvgIpc) is 2.17. The van der Waals surface area contributed by atoms with Crippen LogP contribution in [0.5, 0.6) is 0 Å². The van der Waals surface area contributed by atoms with E-state index < -0.39 is 9.84 Å². The highest BCUT2D eigenvalue weighted by Gasteiger charge is 2.08. The lowest BCUT2D eigenvalue weighted by atomic mass is 10.4. The number of carbonyl (C=O) groups excluding carboxylic acids is 1. The molecule has 0 atom stereocenters. The van der Waals surface area contributed by atoms with Crippen molar-refractivity contribution in [2.45, 2.75) is 26.7 Å². The van der Waals surface area contributed by atoms with Crippen LogP contribution in [-0.2, 0) is 14.6 Å². The van der Waals surface area contributed by atoms with Gasteiger partial charge in [0.05, 0.1) is 5.75 Å². The second-order valence-electron chi connectivity index (χ2n) is 3.61. The molecule has 0 saturated heterocycles. The third kappa shape index (κ3) is 8.67. The quantitative estimate of drug-likeness (QED) is 0.562. The number of rotatable bonds is 9. The maximum absolute atomic E-state index is 11.3. The molecule has 0 fully saturated rings. The first kappa shape index (κ1) is 15.4. The Hall–Kier alpha value is -0.620. The SMILES string of the molecule is CCCS(=O)(=O)CCNCCC(=O)NCC. The van der Waals surface area contributed by atoms with Gasteiger partial charge >= 0.3 is 0 Å². The van der Waals surface area contributed by atoms with E-state index in [9.17, 15) is 13.2 Å². The Kier molecular flexibility index (Phi) is 8.19. The molecule has 16 heavy (non-hydrogen) atoms. The third-order valence-corrected chi connectivity index (χ3v) is 3.86. The number of sulfone groups is 1. The summed E-state index contributed by atoms with van der Waals surface area (Å²) >= 11 is 0. The predicted molar refractivity (Wildman–Crippen MR) is 65.1 cm³/mol. The highest BCUT2D eigenvalue weighted by molar-refractivity contribution is 7.91. The second-order valence-corrected chi connectivity index (χ2v) is 5.91. The molecule has 0 spiro atoms. The normalized spacial score (nSPS) is 11.4. The zero-order valence-electron chi connectivity index (χ0n) is 10.1. The average molecular weight is 250 g/mol. The standard InChI is InChI=1S/C10H22N2O3S/c1-3-8-16(14,15)9-7-11-6-5-10(13)12-4-2/h11H,3-9H2,1-2H3,(H,12,13). The fourth-order valence-corrected chi connectivity index (χ4v) is 2.53. The van der Waals surface area contributed by atoms with Gasteiger partial charge in [-0.2, -0.15) is 0 Å². The molecule has 0 aromatic rings. The first-order valence-corrected chi connectivity index (χ1v) is 7.51. The molecule has 0 radical (unpaired) electrons. The van der Waals surface area contributed by atoms with Gasteiger partial charge in [0.25, 0.3) is 0 Å². The topological polar surface area (TPSA) is 75.3 Å². The van der Waals surface area contributed by atoms with Gasteiger partial charge < -0.3 is 10.6 Å². The van der Waals surface area contributed by atoms with Gasteiger partial charge in [-0.15, -0.1) is 0 Å². The predicted octanol–water partition coefficient (Wildman–Crippen LogP) is -0.0730. The Morgan fingerprint density at radius 3 is 2.38 bits per heavy atom. The molecule has 0 rings (SSSR count). The van der Waals surface area contributed by atoms with E-state index in [2.05, 4.69) is 10.6 Å². The number of carbonyl (C=O) groups is 1. The van der Waals surface area contributed by atoms with Crippen LogP contribution in [0.25, 0.3) is 0 Å².